The number of methoxy groups -OCH3 is 1. The molecule has 1 N–H and O–H groups in total. The van der Waals surface area contributed by atoms with Crippen molar-refractivity contribution < 1.29 is 14.3 Å². The lowest BCUT2D eigenvalue weighted by molar-refractivity contribution is -0.0809. The van der Waals surface area contributed by atoms with Crippen molar-refractivity contribution in [3.63, 3.8) is 0 Å². The molecule has 1 aliphatic heterocycles. The molecule has 1 saturated carbocycles. The predicted molar refractivity (Wildman–Crippen MR) is 77.1 cm³/mol. The largest absolute Gasteiger partial charge is 0.384 e. The van der Waals surface area contributed by atoms with Gasteiger partial charge in [-0.25, -0.2) is 0 Å². The van der Waals surface area contributed by atoms with E-state index in [0.717, 1.165) is 24.4 Å². The number of amides is 1. The van der Waals surface area contributed by atoms with E-state index in [2.05, 4.69) is 10.4 Å². The van der Waals surface area contributed by atoms with Crippen molar-refractivity contribution >= 4 is 5.91 Å². The minimum absolute atomic E-state index is 0.0328. The Labute approximate surface area is 124 Å². The SMILES string of the molecule is COC[C@H]1[C@@H](NC(=O)c2c(C)nn(C)c2C)[C@@H]2CCO[C@@H]21. The molecule has 0 bridgehead atoms. The Balaban J connectivity index is 1.75. The maximum Gasteiger partial charge on any atom is 0.255 e. The van der Waals surface area contributed by atoms with E-state index < -0.39 is 0 Å². The molecule has 4 atom stereocenters. The molecule has 3 rings (SSSR count). The normalized spacial score (nSPS) is 30.9. The number of carbonyl (C=O) groups is 1. The van der Waals surface area contributed by atoms with Crippen molar-refractivity contribution in [2.45, 2.75) is 32.4 Å². The highest BCUT2D eigenvalue weighted by Crippen LogP contribution is 2.43. The van der Waals surface area contributed by atoms with E-state index in [0.29, 0.717) is 18.1 Å². The molecule has 1 saturated heterocycles. The van der Waals surface area contributed by atoms with E-state index in [9.17, 15) is 4.79 Å². The second-order valence-corrected chi connectivity index (χ2v) is 6.08. The van der Waals surface area contributed by atoms with Gasteiger partial charge in [-0.3, -0.25) is 9.48 Å². The van der Waals surface area contributed by atoms with Gasteiger partial charge in [0.2, 0.25) is 0 Å². The number of ether oxygens (including phenoxy) is 2. The van der Waals surface area contributed by atoms with Gasteiger partial charge in [-0.2, -0.15) is 5.10 Å². The lowest BCUT2D eigenvalue weighted by atomic mass is 9.67. The monoisotopic (exact) mass is 293 g/mol. The molecule has 116 valence electrons. The fraction of sp³-hybridized carbons (Fsp3) is 0.733. The number of hydrogen-bond acceptors (Lipinski definition) is 4. The molecule has 0 spiro atoms. The van der Waals surface area contributed by atoms with Crippen molar-refractivity contribution in [1.29, 1.82) is 0 Å². The molecule has 0 radical (unpaired) electrons. The second-order valence-electron chi connectivity index (χ2n) is 6.08. The summed E-state index contributed by atoms with van der Waals surface area (Å²) in [7, 11) is 3.55. The maximum absolute atomic E-state index is 12.6. The average Bonchev–Trinajstić information content (AvgIpc) is 2.96. The first kappa shape index (κ1) is 14.5. The summed E-state index contributed by atoms with van der Waals surface area (Å²) in [6, 6.07) is 0.143. The molecule has 0 unspecified atom stereocenters. The Morgan fingerprint density at radius 3 is 2.90 bits per heavy atom. The highest BCUT2D eigenvalue weighted by atomic mass is 16.5. The van der Waals surface area contributed by atoms with Gasteiger partial charge in [-0.05, 0) is 20.3 Å². The third-order valence-corrected chi connectivity index (χ3v) is 4.92. The minimum Gasteiger partial charge on any atom is -0.384 e. The first-order chi connectivity index (χ1) is 10.0. The highest BCUT2D eigenvalue weighted by molar-refractivity contribution is 5.96. The highest BCUT2D eigenvalue weighted by Gasteiger charge is 2.54. The van der Waals surface area contributed by atoms with Gasteiger partial charge in [0.05, 0.1) is 24.0 Å². The molecule has 2 aliphatic rings. The van der Waals surface area contributed by atoms with Crippen molar-refractivity contribution in [3.05, 3.63) is 17.0 Å². The van der Waals surface area contributed by atoms with E-state index in [4.69, 9.17) is 9.47 Å². The lowest BCUT2D eigenvalue weighted by Crippen LogP contribution is -2.62. The third-order valence-electron chi connectivity index (χ3n) is 4.92. The molecule has 1 amide bonds. The lowest BCUT2D eigenvalue weighted by Gasteiger charge is -2.47. The van der Waals surface area contributed by atoms with Gasteiger partial charge in [0.25, 0.3) is 5.91 Å². The van der Waals surface area contributed by atoms with Crippen LogP contribution in [0.15, 0.2) is 0 Å². The van der Waals surface area contributed by atoms with Gasteiger partial charge in [0.15, 0.2) is 0 Å². The van der Waals surface area contributed by atoms with E-state index in [-0.39, 0.29) is 24.0 Å². The molecule has 6 heteroatoms. The summed E-state index contributed by atoms with van der Waals surface area (Å²) in [5.74, 6) is 0.643. The van der Waals surface area contributed by atoms with Gasteiger partial charge in [0, 0.05) is 44.3 Å². The Morgan fingerprint density at radius 1 is 1.52 bits per heavy atom. The zero-order chi connectivity index (χ0) is 15.1. The van der Waals surface area contributed by atoms with Gasteiger partial charge >= 0.3 is 0 Å². The second kappa shape index (κ2) is 5.42. The molecule has 1 aromatic heterocycles. The van der Waals surface area contributed by atoms with Crippen LogP contribution >= 0.6 is 0 Å². The number of carbonyl (C=O) groups excluding carboxylic acids is 1. The summed E-state index contributed by atoms with van der Waals surface area (Å²) in [4.78, 5) is 12.6. The van der Waals surface area contributed by atoms with Crippen LogP contribution in [-0.2, 0) is 16.5 Å². The van der Waals surface area contributed by atoms with E-state index in [1.165, 1.54) is 0 Å². The van der Waals surface area contributed by atoms with Crippen LogP contribution in [0.4, 0.5) is 0 Å². The number of rotatable bonds is 4. The zero-order valence-electron chi connectivity index (χ0n) is 13.0. The molecule has 2 fully saturated rings. The van der Waals surface area contributed by atoms with Gasteiger partial charge in [-0.15, -0.1) is 0 Å². The van der Waals surface area contributed by atoms with Gasteiger partial charge in [-0.1, -0.05) is 0 Å². The molecule has 1 aliphatic carbocycles. The molecule has 2 heterocycles. The smallest absolute Gasteiger partial charge is 0.255 e. The topological polar surface area (TPSA) is 65.4 Å². The van der Waals surface area contributed by atoms with Crippen LogP contribution in [0.5, 0.6) is 0 Å². The fourth-order valence-corrected chi connectivity index (χ4v) is 3.76. The summed E-state index contributed by atoms with van der Waals surface area (Å²) in [6.45, 7) is 5.20. The fourth-order valence-electron chi connectivity index (χ4n) is 3.76. The van der Waals surface area contributed by atoms with Gasteiger partial charge < -0.3 is 14.8 Å². The number of aryl methyl sites for hydroxylation is 2. The minimum atomic E-state index is -0.0328. The summed E-state index contributed by atoms with van der Waals surface area (Å²) >= 11 is 0. The quantitative estimate of drug-likeness (QED) is 0.892. The Kier molecular flexibility index (Phi) is 3.75. The Bertz CT molecular complexity index is 555. The van der Waals surface area contributed by atoms with Crippen LogP contribution in [0.3, 0.4) is 0 Å². The number of hydrogen-bond donors (Lipinski definition) is 1. The molecular formula is C15H23N3O3. The number of aromatic nitrogens is 2. The van der Waals surface area contributed by atoms with Crippen LogP contribution in [0, 0.1) is 25.7 Å². The molecule has 21 heavy (non-hydrogen) atoms. The zero-order valence-corrected chi connectivity index (χ0v) is 13.0. The van der Waals surface area contributed by atoms with Crippen LogP contribution < -0.4 is 5.32 Å². The Hall–Kier alpha value is -1.40. The first-order valence-corrected chi connectivity index (χ1v) is 7.46. The van der Waals surface area contributed by atoms with E-state index >= 15 is 0 Å². The summed E-state index contributed by atoms with van der Waals surface area (Å²) < 4.78 is 12.8. The number of nitrogens with zero attached hydrogens (tertiary/aromatic N) is 2. The summed E-state index contributed by atoms with van der Waals surface area (Å²) in [5, 5.41) is 7.49. The predicted octanol–water partition coefficient (Wildman–Crippen LogP) is 0.817. The van der Waals surface area contributed by atoms with Crippen LogP contribution in [0.25, 0.3) is 0 Å². The molecule has 0 aromatic carbocycles. The number of fused-ring (bicyclic) bond motifs is 1. The van der Waals surface area contributed by atoms with Crippen molar-refractivity contribution in [3.8, 4) is 0 Å². The van der Waals surface area contributed by atoms with Crippen molar-refractivity contribution in [2.24, 2.45) is 18.9 Å². The average molecular weight is 293 g/mol. The molecule has 6 nitrogen and oxygen atoms in total. The molecule has 1 aromatic rings. The van der Waals surface area contributed by atoms with Gasteiger partial charge in [0.1, 0.15) is 0 Å². The van der Waals surface area contributed by atoms with Crippen LogP contribution in [0.1, 0.15) is 28.2 Å². The van der Waals surface area contributed by atoms with Crippen molar-refractivity contribution in [2.75, 3.05) is 20.3 Å². The maximum atomic E-state index is 12.6. The van der Waals surface area contributed by atoms with Crippen molar-refractivity contribution in [1.82, 2.24) is 15.1 Å². The van der Waals surface area contributed by atoms with E-state index in [1.807, 2.05) is 20.9 Å². The molecular weight excluding hydrogens is 270 g/mol. The van der Waals surface area contributed by atoms with Crippen LogP contribution in [0.2, 0.25) is 0 Å². The third kappa shape index (κ3) is 2.26. The standard InChI is InChI=1S/C15H23N3O3/c1-8-12(9(2)18(3)17-8)15(19)16-13-10-5-6-21-14(10)11(13)7-20-4/h10-11,13-14H,5-7H2,1-4H3,(H,16,19)/t10-,11-,13-,14-/m0/s1. The van der Waals surface area contributed by atoms with Crippen LogP contribution in [-0.4, -0.2) is 48.2 Å². The summed E-state index contributed by atoms with van der Waals surface area (Å²) in [6.07, 6.45) is 1.26. The number of nitrogens with one attached hydrogen (secondary N) is 1. The summed E-state index contributed by atoms with van der Waals surface area (Å²) in [5.41, 5.74) is 2.36. The Morgan fingerprint density at radius 2 is 2.29 bits per heavy atom. The first-order valence-electron chi connectivity index (χ1n) is 7.46. The van der Waals surface area contributed by atoms with E-state index in [1.54, 1.807) is 11.8 Å².